The topological polar surface area (TPSA) is 79.6 Å². The van der Waals surface area contributed by atoms with Crippen molar-refractivity contribution in [2.45, 2.75) is 58.4 Å². The average Bonchev–Trinajstić information content (AvgIpc) is 3.05. The molecule has 0 unspecified atom stereocenters. The van der Waals surface area contributed by atoms with Crippen LogP contribution in [0.4, 0.5) is 6.01 Å². The van der Waals surface area contributed by atoms with Gasteiger partial charge in [0.2, 0.25) is 5.89 Å². The average molecular weight is 275 g/mol. The molecule has 0 spiro atoms. The molecule has 1 saturated carbocycles. The van der Waals surface area contributed by atoms with Crippen LogP contribution < -0.4 is 5.32 Å². The van der Waals surface area contributed by atoms with Crippen molar-refractivity contribution >= 4 is 6.01 Å². The van der Waals surface area contributed by atoms with E-state index in [-0.39, 0.29) is 0 Å². The molecule has 0 radical (unpaired) electrons. The Morgan fingerprint density at radius 3 is 2.70 bits per heavy atom. The van der Waals surface area contributed by atoms with Crippen molar-refractivity contribution in [1.82, 2.24) is 20.2 Å². The van der Waals surface area contributed by atoms with Crippen molar-refractivity contribution in [1.29, 1.82) is 0 Å². The molecule has 1 fully saturated rings. The van der Waals surface area contributed by atoms with Crippen LogP contribution in [0.1, 0.15) is 61.1 Å². The predicted molar refractivity (Wildman–Crippen MR) is 75.5 cm³/mol. The van der Waals surface area contributed by atoms with Gasteiger partial charge in [0.05, 0.1) is 12.2 Å². The summed E-state index contributed by atoms with van der Waals surface area (Å²) in [6.07, 6.45) is 6.19. The number of nitrogens with zero attached hydrogens (tertiary/aromatic N) is 3. The summed E-state index contributed by atoms with van der Waals surface area (Å²) in [6.45, 7) is 4.57. The van der Waals surface area contributed by atoms with Gasteiger partial charge in [-0.3, -0.25) is 0 Å². The molecule has 6 heteroatoms. The molecular weight excluding hydrogens is 254 g/mol. The number of anilines is 1. The van der Waals surface area contributed by atoms with Gasteiger partial charge in [-0.15, -0.1) is 5.10 Å². The maximum Gasteiger partial charge on any atom is 0.315 e. The van der Waals surface area contributed by atoms with Gasteiger partial charge in [-0.2, -0.15) is 0 Å². The van der Waals surface area contributed by atoms with E-state index >= 15 is 0 Å². The van der Waals surface area contributed by atoms with Gasteiger partial charge in [-0.1, -0.05) is 24.4 Å². The van der Waals surface area contributed by atoms with Gasteiger partial charge in [-0.25, -0.2) is 4.98 Å². The molecular formula is C14H21N5O. The Bertz CT molecular complexity index is 548. The summed E-state index contributed by atoms with van der Waals surface area (Å²) >= 11 is 0. The summed E-state index contributed by atoms with van der Waals surface area (Å²) in [5, 5.41) is 11.4. The highest BCUT2D eigenvalue weighted by Crippen LogP contribution is 2.32. The van der Waals surface area contributed by atoms with Crippen LogP contribution in [0, 0.1) is 13.8 Å². The normalized spacial score (nSPS) is 16.5. The van der Waals surface area contributed by atoms with Gasteiger partial charge in [0.15, 0.2) is 0 Å². The van der Waals surface area contributed by atoms with Crippen LogP contribution in [0.5, 0.6) is 0 Å². The van der Waals surface area contributed by atoms with Gasteiger partial charge in [-0.05, 0) is 26.7 Å². The maximum atomic E-state index is 5.71. The monoisotopic (exact) mass is 275 g/mol. The molecule has 2 aromatic rings. The van der Waals surface area contributed by atoms with E-state index in [2.05, 4.69) is 25.5 Å². The Hall–Kier alpha value is -1.85. The van der Waals surface area contributed by atoms with Crippen LogP contribution in [0.2, 0.25) is 0 Å². The van der Waals surface area contributed by atoms with Crippen molar-refractivity contribution < 1.29 is 4.42 Å². The fourth-order valence-electron chi connectivity index (χ4n) is 2.68. The number of imidazole rings is 1. The van der Waals surface area contributed by atoms with Crippen molar-refractivity contribution in [2.75, 3.05) is 5.32 Å². The molecule has 2 aromatic heterocycles. The molecule has 0 atom stereocenters. The highest BCUT2D eigenvalue weighted by atomic mass is 16.4. The van der Waals surface area contributed by atoms with Crippen molar-refractivity contribution in [2.24, 2.45) is 0 Å². The third-order valence-corrected chi connectivity index (χ3v) is 3.98. The second kappa shape index (κ2) is 5.64. The van der Waals surface area contributed by atoms with Crippen LogP contribution >= 0.6 is 0 Å². The number of aromatic nitrogens is 4. The van der Waals surface area contributed by atoms with Gasteiger partial charge in [0.1, 0.15) is 5.82 Å². The number of H-pyrrole nitrogens is 1. The third-order valence-electron chi connectivity index (χ3n) is 3.98. The molecule has 6 nitrogen and oxygen atoms in total. The molecule has 1 aliphatic rings. The first-order valence-electron chi connectivity index (χ1n) is 7.31. The van der Waals surface area contributed by atoms with Crippen molar-refractivity contribution in [3.05, 3.63) is 23.1 Å². The van der Waals surface area contributed by atoms with E-state index in [0.717, 1.165) is 35.9 Å². The Kier molecular flexibility index (Phi) is 3.71. The predicted octanol–water partition coefficient (Wildman–Crippen LogP) is 3.07. The molecule has 108 valence electrons. The van der Waals surface area contributed by atoms with Crippen LogP contribution in [0.25, 0.3) is 0 Å². The minimum Gasteiger partial charge on any atom is -0.408 e. The lowest BCUT2D eigenvalue weighted by Crippen LogP contribution is -2.04. The van der Waals surface area contributed by atoms with E-state index in [4.69, 9.17) is 4.42 Å². The molecule has 20 heavy (non-hydrogen) atoms. The standard InChI is InChI=1S/C14H21N5O/c1-9-10(2)17-12(16-9)8-15-14-19-18-13(20-14)11-6-4-3-5-7-11/h11H,3-8H2,1-2H3,(H,15,19)(H,16,17). The van der Waals surface area contributed by atoms with Crippen LogP contribution in [0.3, 0.4) is 0 Å². The summed E-state index contributed by atoms with van der Waals surface area (Å²) in [7, 11) is 0. The summed E-state index contributed by atoms with van der Waals surface area (Å²) in [6, 6.07) is 0.484. The Morgan fingerprint density at radius 2 is 2.00 bits per heavy atom. The lowest BCUT2D eigenvalue weighted by molar-refractivity contribution is 0.367. The lowest BCUT2D eigenvalue weighted by Gasteiger charge is -2.17. The summed E-state index contributed by atoms with van der Waals surface area (Å²) < 4.78 is 5.71. The lowest BCUT2D eigenvalue weighted by atomic mass is 9.89. The number of hydrogen-bond donors (Lipinski definition) is 2. The number of aromatic amines is 1. The van der Waals surface area contributed by atoms with Crippen molar-refractivity contribution in [3.8, 4) is 0 Å². The summed E-state index contributed by atoms with van der Waals surface area (Å²) in [4.78, 5) is 7.64. The van der Waals surface area contributed by atoms with E-state index in [1.165, 1.54) is 19.3 Å². The van der Waals surface area contributed by atoms with E-state index in [1.54, 1.807) is 0 Å². The summed E-state index contributed by atoms with van der Waals surface area (Å²) in [5.41, 5.74) is 2.12. The highest BCUT2D eigenvalue weighted by molar-refractivity contribution is 5.20. The molecule has 0 aromatic carbocycles. The van der Waals surface area contributed by atoms with Crippen LogP contribution in [-0.4, -0.2) is 20.2 Å². The van der Waals surface area contributed by atoms with E-state index in [9.17, 15) is 0 Å². The zero-order valence-electron chi connectivity index (χ0n) is 12.1. The van der Waals surface area contributed by atoms with Crippen molar-refractivity contribution in [3.63, 3.8) is 0 Å². The molecule has 1 aliphatic carbocycles. The van der Waals surface area contributed by atoms with Gasteiger partial charge in [0.25, 0.3) is 0 Å². The zero-order chi connectivity index (χ0) is 13.9. The number of aryl methyl sites for hydroxylation is 2. The van der Waals surface area contributed by atoms with E-state index in [1.807, 2.05) is 13.8 Å². The third kappa shape index (κ3) is 2.84. The highest BCUT2D eigenvalue weighted by Gasteiger charge is 2.21. The smallest absolute Gasteiger partial charge is 0.315 e. The molecule has 2 heterocycles. The fraction of sp³-hybridized carbons (Fsp3) is 0.643. The second-order valence-corrected chi connectivity index (χ2v) is 5.53. The number of hydrogen-bond acceptors (Lipinski definition) is 5. The Balaban J connectivity index is 1.59. The first-order chi connectivity index (χ1) is 9.72. The maximum absolute atomic E-state index is 5.71. The Labute approximate surface area is 118 Å². The van der Waals surface area contributed by atoms with Gasteiger partial charge >= 0.3 is 6.01 Å². The first-order valence-corrected chi connectivity index (χ1v) is 7.31. The van der Waals surface area contributed by atoms with Gasteiger partial charge in [0, 0.05) is 11.6 Å². The van der Waals surface area contributed by atoms with Gasteiger partial charge < -0.3 is 14.7 Å². The van der Waals surface area contributed by atoms with Crippen LogP contribution in [-0.2, 0) is 6.54 Å². The minimum atomic E-state index is 0.444. The number of nitrogens with one attached hydrogen (secondary N) is 2. The molecule has 3 rings (SSSR count). The SMILES string of the molecule is Cc1nc(CNc2nnc(C3CCCCC3)o2)[nH]c1C. The zero-order valence-corrected chi connectivity index (χ0v) is 12.1. The van der Waals surface area contributed by atoms with E-state index < -0.39 is 0 Å². The quantitative estimate of drug-likeness (QED) is 0.896. The molecule has 0 saturated heterocycles. The van der Waals surface area contributed by atoms with Crippen LogP contribution in [0.15, 0.2) is 4.42 Å². The molecule has 2 N–H and O–H groups in total. The second-order valence-electron chi connectivity index (χ2n) is 5.53. The Morgan fingerprint density at radius 1 is 1.20 bits per heavy atom. The van der Waals surface area contributed by atoms with E-state index in [0.29, 0.717) is 18.5 Å². The largest absolute Gasteiger partial charge is 0.408 e. The molecule has 0 bridgehead atoms. The first kappa shape index (κ1) is 13.1. The summed E-state index contributed by atoms with van der Waals surface area (Å²) in [5.74, 6) is 2.11. The molecule has 0 aliphatic heterocycles. The minimum absolute atomic E-state index is 0.444. The fourth-order valence-corrected chi connectivity index (χ4v) is 2.68. The number of rotatable bonds is 4. The molecule has 0 amide bonds.